The largest absolute Gasteiger partial charge is 0.483 e. The van der Waals surface area contributed by atoms with Crippen LogP contribution in [0.15, 0.2) is 24.3 Å². The van der Waals surface area contributed by atoms with Gasteiger partial charge in [0.25, 0.3) is 5.91 Å². The van der Waals surface area contributed by atoms with Crippen LogP contribution in [0.5, 0.6) is 5.75 Å². The Labute approximate surface area is 137 Å². The van der Waals surface area contributed by atoms with Gasteiger partial charge in [-0.05, 0) is 31.9 Å². The number of likely N-dealkylation sites (tertiary alicyclic amines) is 1. The standard InChI is InChI=1S/C16H19F3N2O3/c1-10-6-7-11(15(20)23)8-21(10)14(22)9-24-13-5-3-2-4-12(13)16(17,18)19/h2-5,10-11H,6-9H2,1H3,(H2,20,23). The van der Waals surface area contributed by atoms with Gasteiger partial charge in [0, 0.05) is 12.6 Å². The highest BCUT2D eigenvalue weighted by Gasteiger charge is 2.35. The van der Waals surface area contributed by atoms with Gasteiger partial charge in [-0.15, -0.1) is 0 Å². The van der Waals surface area contributed by atoms with E-state index in [1.807, 2.05) is 6.92 Å². The van der Waals surface area contributed by atoms with Crippen LogP contribution in [-0.2, 0) is 15.8 Å². The molecule has 2 atom stereocenters. The van der Waals surface area contributed by atoms with Gasteiger partial charge in [-0.3, -0.25) is 9.59 Å². The van der Waals surface area contributed by atoms with Gasteiger partial charge in [0.1, 0.15) is 5.75 Å². The molecule has 0 spiro atoms. The van der Waals surface area contributed by atoms with Crippen LogP contribution in [0.25, 0.3) is 0 Å². The van der Waals surface area contributed by atoms with Crippen molar-refractivity contribution in [1.29, 1.82) is 0 Å². The Morgan fingerprint density at radius 2 is 1.96 bits per heavy atom. The molecule has 24 heavy (non-hydrogen) atoms. The Hall–Kier alpha value is -2.25. The molecule has 2 rings (SSSR count). The number of nitrogens with two attached hydrogens (primary N) is 1. The molecule has 132 valence electrons. The molecule has 5 nitrogen and oxygen atoms in total. The van der Waals surface area contributed by atoms with Crippen molar-refractivity contribution in [2.75, 3.05) is 13.2 Å². The van der Waals surface area contributed by atoms with Crippen molar-refractivity contribution >= 4 is 11.8 Å². The third-order valence-electron chi connectivity index (χ3n) is 4.15. The topological polar surface area (TPSA) is 72.6 Å². The predicted octanol–water partition coefficient (Wildman–Crippen LogP) is 2.20. The minimum atomic E-state index is -4.56. The summed E-state index contributed by atoms with van der Waals surface area (Å²) in [5.41, 5.74) is 4.34. The van der Waals surface area contributed by atoms with E-state index in [0.29, 0.717) is 12.8 Å². The summed E-state index contributed by atoms with van der Waals surface area (Å²) in [5.74, 6) is -1.78. The molecule has 2 unspecified atom stereocenters. The summed E-state index contributed by atoms with van der Waals surface area (Å²) in [5, 5.41) is 0. The first-order valence-corrected chi connectivity index (χ1v) is 7.58. The van der Waals surface area contributed by atoms with E-state index in [1.165, 1.54) is 23.1 Å². The van der Waals surface area contributed by atoms with Crippen LogP contribution < -0.4 is 10.5 Å². The first kappa shape index (κ1) is 18.1. The average Bonchev–Trinajstić information content (AvgIpc) is 2.52. The highest BCUT2D eigenvalue weighted by Crippen LogP contribution is 2.35. The fraction of sp³-hybridized carbons (Fsp3) is 0.500. The molecule has 1 fully saturated rings. The van der Waals surface area contributed by atoms with Crippen molar-refractivity contribution in [1.82, 2.24) is 4.90 Å². The van der Waals surface area contributed by atoms with Gasteiger partial charge >= 0.3 is 6.18 Å². The third kappa shape index (κ3) is 4.18. The number of halogens is 3. The molecular formula is C16H19F3N2O3. The maximum Gasteiger partial charge on any atom is 0.419 e. The number of amides is 2. The number of nitrogens with zero attached hydrogens (tertiary/aromatic N) is 1. The Morgan fingerprint density at radius 3 is 2.58 bits per heavy atom. The maximum absolute atomic E-state index is 12.9. The van der Waals surface area contributed by atoms with Crippen LogP contribution >= 0.6 is 0 Å². The third-order valence-corrected chi connectivity index (χ3v) is 4.15. The number of benzene rings is 1. The molecule has 0 aromatic heterocycles. The molecule has 2 N–H and O–H groups in total. The van der Waals surface area contributed by atoms with Crippen molar-refractivity contribution in [2.24, 2.45) is 11.7 Å². The highest BCUT2D eigenvalue weighted by atomic mass is 19.4. The van der Waals surface area contributed by atoms with E-state index in [1.54, 1.807) is 0 Å². The van der Waals surface area contributed by atoms with E-state index in [0.717, 1.165) is 6.07 Å². The van der Waals surface area contributed by atoms with Gasteiger partial charge < -0.3 is 15.4 Å². The van der Waals surface area contributed by atoms with E-state index in [9.17, 15) is 22.8 Å². The van der Waals surface area contributed by atoms with Crippen molar-refractivity contribution < 1.29 is 27.5 Å². The van der Waals surface area contributed by atoms with Gasteiger partial charge in [0.2, 0.25) is 5.91 Å². The molecule has 2 amide bonds. The van der Waals surface area contributed by atoms with Gasteiger partial charge in [0.05, 0.1) is 11.5 Å². The molecule has 0 bridgehead atoms. The summed E-state index contributed by atoms with van der Waals surface area (Å²) in [6.45, 7) is 1.46. The van der Waals surface area contributed by atoms with E-state index < -0.39 is 41.8 Å². The lowest BCUT2D eigenvalue weighted by Gasteiger charge is -2.36. The average molecular weight is 344 g/mol. The van der Waals surface area contributed by atoms with E-state index in [4.69, 9.17) is 10.5 Å². The van der Waals surface area contributed by atoms with Crippen LogP contribution in [0.4, 0.5) is 13.2 Å². The number of alkyl halides is 3. The molecule has 1 aromatic rings. The summed E-state index contributed by atoms with van der Waals surface area (Å²) >= 11 is 0. The van der Waals surface area contributed by atoms with Gasteiger partial charge in [-0.25, -0.2) is 0 Å². The maximum atomic E-state index is 12.9. The summed E-state index contributed by atoms with van der Waals surface area (Å²) in [7, 11) is 0. The predicted molar refractivity (Wildman–Crippen MR) is 80.0 cm³/mol. The molecule has 1 aromatic carbocycles. The van der Waals surface area contributed by atoms with Crippen molar-refractivity contribution in [2.45, 2.75) is 32.0 Å². The summed E-state index contributed by atoms with van der Waals surface area (Å²) in [6.07, 6.45) is -3.36. The fourth-order valence-corrected chi connectivity index (χ4v) is 2.74. The van der Waals surface area contributed by atoms with Gasteiger partial charge in [-0.2, -0.15) is 13.2 Å². The summed E-state index contributed by atoms with van der Waals surface area (Å²) in [4.78, 5) is 25.0. The zero-order chi connectivity index (χ0) is 17.9. The minimum Gasteiger partial charge on any atom is -0.483 e. The molecule has 0 radical (unpaired) electrons. The van der Waals surface area contributed by atoms with E-state index in [-0.39, 0.29) is 12.6 Å². The SMILES string of the molecule is CC1CCC(C(N)=O)CN1C(=O)COc1ccccc1C(F)(F)F. The Bertz CT molecular complexity index is 619. The zero-order valence-electron chi connectivity index (χ0n) is 13.2. The second-order valence-electron chi connectivity index (χ2n) is 5.85. The molecule has 8 heteroatoms. The van der Waals surface area contributed by atoms with Crippen molar-refractivity contribution in [3.63, 3.8) is 0 Å². The second kappa shape index (κ2) is 7.11. The van der Waals surface area contributed by atoms with Crippen LogP contribution in [0.1, 0.15) is 25.3 Å². The smallest absolute Gasteiger partial charge is 0.419 e. The fourth-order valence-electron chi connectivity index (χ4n) is 2.74. The highest BCUT2D eigenvalue weighted by molar-refractivity contribution is 5.81. The molecule has 1 aliphatic rings. The Kier molecular flexibility index (Phi) is 5.36. The first-order valence-electron chi connectivity index (χ1n) is 7.58. The second-order valence-corrected chi connectivity index (χ2v) is 5.85. The zero-order valence-corrected chi connectivity index (χ0v) is 13.2. The number of ether oxygens (including phenoxy) is 1. The van der Waals surface area contributed by atoms with Crippen molar-refractivity contribution in [3.8, 4) is 5.75 Å². The monoisotopic (exact) mass is 344 g/mol. The van der Waals surface area contributed by atoms with Crippen molar-refractivity contribution in [3.05, 3.63) is 29.8 Å². The molecule has 0 saturated carbocycles. The minimum absolute atomic E-state index is 0.116. The lowest BCUT2D eigenvalue weighted by atomic mass is 9.93. The Balaban J connectivity index is 2.04. The summed E-state index contributed by atoms with van der Waals surface area (Å²) in [6, 6.07) is 4.60. The number of rotatable bonds is 4. The van der Waals surface area contributed by atoms with Crippen LogP contribution in [0.2, 0.25) is 0 Å². The van der Waals surface area contributed by atoms with Gasteiger partial charge in [-0.1, -0.05) is 12.1 Å². The molecule has 0 aliphatic carbocycles. The summed E-state index contributed by atoms with van der Waals surface area (Å²) < 4.78 is 43.8. The van der Waals surface area contributed by atoms with Crippen LogP contribution in [0, 0.1) is 5.92 Å². The number of primary amides is 1. The van der Waals surface area contributed by atoms with E-state index >= 15 is 0 Å². The first-order chi connectivity index (χ1) is 11.2. The van der Waals surface area contributed by atoms with E-state index in [2.05, 4.69) is 0 Å². The van der Waals surface area contributed by atoms with Crippen LogP contribution in [0.3, 0.4) is 0 Å². The number of carbonyl (C=O) groups excluding carboxylic acids is 2. The number of carbonyl (C=O) groups is 2. The molecule has 1 heterocycles. The quantitative estimate of drug-likeness (QED) is 0.910. The molecule has 1 aliphatic heterocycles. The van der Waals surface area contributed by atoms with Crippen LogP contribution in [-0.4, -0.2) is 35.9 Å². The lowest BCUT2D eigenvalue weighted by molar-refractivity contribution is -0.143. The van der Waals surface area contributed by atoms with Gasteiger partial charge in [0.15, 0.2) is 6.61 Å². The molecular weight excluding hydrogens is 325 g/mol. The number of hydrogen-bond acceptors (Lipinski definition) is 3. The lowest BCUT2D eigenvalue weighted by Crippen LogP contribution is -2.50. The normalized spacial score (nSPS) is 21.4. The number of hydrogen-bond donors (Lipinski definition) is 1. The Morgan fingerprint density at radius 1 is 1.29 bits per heavy atom. The number of piperidine rings is 1. The molecule has 1 saturated heterocycles. The number of para-hydroxylation sites is 1.